The molecular formula is C22H19BrFNO6. The predicted octanol–water partition coefficient (Wildman–Crippen LogP) is 4.27. The normalized spacial score (nSPS) is 14.3. The van der Waals surface area contributed by atoms with E-state index in [1.165, 1.54) is 24.3 Å². The van der Waals surface area contributed by atoms with Gasteiger partial charge < -0.3 is 18.9 Å². The molecule has 0 N–H and O–H groups in total. The second-order valence-electron chi connectivity index (χ2n) is 6.17. The van der Waals surface area contributed by atoms with Crippen LogP contribution in [0.2, 0.25) is 0 Å². The maximum Gasteiger partial charge on any atom is 0.363 e. The number of carbonyl (C=O) groups excluding carboxylic acids is 2. The molecule has 2 aromatic rings. The van der Waals surface area contributed by atoms with Gasteiger partial charge in [0.25, 0.3) is 0 Å². The lowest BCUT2D eigenvalue weighted by Crippen LogP contribution is -2.15. The third-order valence-corrected chi connectivity index (χ3v) is 4.59. The fourth-order valence-electron chi connectivity index (χ4n) is 2.72. The molecule has 1 aliphatic heterocycles. The highest BCUT2D eigenvalue weighted by Crippen LogP contribution is 2.38. The number of esters is 2. The minimum Gasteiger partial charge on any atom is -0.490 e. The molecule has 0 aromatic heterocycles. The average Bonchev–Trinajstić information content (AvgIpc) is 3.08. The van der Waals surface area contributed by atoms with Gasteiger partial charge >= 0.3 is 11.9 Å². The second kappa shape index (κ2) is 10.2. The van der Waals surface area contributed by atoms with Gasteiger partial charge in [0.1, 0.15) is 5.82 Å². The number of hydrogen-bond acceptors (Lipinski definition) is 7. The Morgan fingerprint density at radius 3 is 2.68 bits per heavy atom. The van der Waals surface area contributed by atoms with Gasteiger partial charge in [-0.1, -0.05) is 12.1 Å². The summed E-state index contributed by atoms with van der Waals surface area (Å²) in [6.07, 6.45) is 1.48. The highest BCUT2D eigenvalue weighted by molar-refractivity contribution is 9.10. The van der Waals surface area contributed by atoms with Crippen molar-refractivity contribution in [3.8, 4) is 11.5 Å². The number of cyclic esters (lactones) is 1. The molecule has 0 amide bonds. The van der Waals surface area contributed by atoms with Gasteiger partial charge in [0.15, 0.2) is 23.8 Å². The van der Waals surface area contributed by atoms with Crippen LogP contribution in [0, 0.1) is 5.82 Å². The number of aliphatic imine (C=N–C) groups is 1. The van der Waals surface area contributed by atoms with Gasteiger partial charge in [-0.25, -0.2) is 19.0 Å². The highest BCUT2D eigenvalue weighted by atomic mass is 79.9. The van der Waals surface area contributed by atoms with Gasteiger partial charge in [0.05, 0.1) is 23.2 Å². The fraction of sp³-hybridized carbons (Fsp3) is 0.227. The van der Waals surface area contributed by atoms with E-state index in [1.54, 1.807) is 32.0 Å². The molecule has 0 radical (unpaired) electrons. The summed E-state index contributed by atoms with van der Waals surface area (Å²) < 4.78 is 35.6. The zero-order valence-electron chi connectivity index (χ0n) is 16.8. The molecule has 7 nitrogen and oxygen atoms in total. The number of rotatable bonds is 8. The second-order valence-corrected chi connectivity index (χ2v) is 7.03. The van der Waals surface area contributed by atoms with Crippen molar-refractivity contribution in [3.05, 3.63) is 63.5 Å². The summed E-state index contributed by atoms with van der Waals surface area (Å²) in [6.45, 7) is 3.82. The van der Waals surface area contributed by atoms with Gasteiger partial charge in [-0.05, 0) is 65.7 Å². The molecule has 9 heteroatoms. The number of carbonyl (C=O) groups is 2. The first-order valence-electron chi connectivity index (χ1n) is 9.45. The molecule has 0 aliphatic carbocycles. The van der Waals surface area contributed by atoms with Crippen LogP contribution in [-0.4, -0.2) is 37.7 Å². The van der Waals surface area contributed by atoms with Crippen LogP contribution in [0.1, 0.15) is 25.0 Å². The monoisotopic (exact) mass is 491 g/mol. The Bertz CT molecular complexity index is 1070. The van der Waals surface area contributed by atoms with Crippen molar-refractivity contribution >= 4 is 39.8 Å². The molecule has 0 atom stereocenters. The fourth-order valence-corrected chi connectivity index (χ4v) is 3.30. The predicted molar refractivity (Wildman–Crippen MR) is 114 cm³/mol. The Hall–Kier alpha value is -3.20. The Morgan fingerprint density at radius 1 is 1.19 bits per heavy atom. The lowest BCUT2D eigenvalue weighted by Gasteiger charge is -2.14. The summed E-state index contributed by atoms with van der Waals surface area (Å²) >= 11 is 3.39. The van der Waals surface area contributed by atoms with Crippen LogP contribution in [0.4, 0.5) is 4.39 Å². The van der Waals surface area contributed by atoms with Crippen molar-refractivity contribution in [3.63, 3.8) is 0 Å². The third-order valence-electron chi connectivity index (χ3n) is 4.00. The smallest absolute Gasteiger partial charge is 0.363 e. The molecule has 3 rings (SSSR count). The van der Waals surface area contributed by atoms with E-state index in [-0.39, 0.29) is 30.4 Å². The first kappa shape index (κ1) is 22.5. The van der Waals surface area contributed by atoms with Crippen molar-refractivity contribution in [2.75, 3.05) is 19.8 Å². The van der Waals surface area contributed by atoms with Crippen molar-refractivity contribution < 1.29 is 32.9 Å². The van der Waals surface area contributed by atoms with E-state index in [0.717, 1.165) is 0 Å². The Balaban J connectivity index is 1.90. The maximum atomic E-state index is 14.0. The molecule has 0 saturated heterocycles. The number of halogens is 2. The molecular weight excluding hydrogens is 473 g/mol. The SMILES string of the molecule is CCOC(=O)COc1c(Br)cc(/C=C2\N=C(c3ccccc3F)OC2=O)cc1OCC. The molecule has 0 spiro atoms. The quantitative estimate of drug-likeness (QED) is 0.404. The topological polar surface area (TPSA) is 83.4 Å². The van der Waals surface area contributed by atoms with Crippen LogP contribution in [0.25, 0.3) is 6.08 Å². The van der Waals surface area contributed by atoms with Crippen LogP contribution in [0.15, 0.2) is 51.6 Å². The Morgan fingerprint density at radius 2 is 1.97 bits per heavy atom. The van der Waals surface area contributed by atoms with Crippen molar-refractivity contribution in [1.29, 1.82) is 0 Å². The molecule has 1 aliphatic rings. The lowest BCUT2D eigenvalue weighted by molar-refractivity contribution is -0.145. The highest BCUT2D eigenvalue weighted by Gasteiger charge is 2.26. The van der Waals surface area contributed by atoms with Gasteiger partial charge in [0, 0.05) is 0 Å². The summed E-state index contributed by atoms with van der Waals surface area (Å²) in [5.41, 5.74) is 0.662. The maximum absolute atomic E-state index is 14.0. The molecule has 0 fully saturated rings. The molecule has 162 valence electrons. The number of ether oxygens (including phenoxy) is 4. The van der Waals surface area contributed by atoms with Crippen molar-refractivity contribution in [1.82, 2.24) is 0 Å². The van der Waals surface area contributed by atoms with Crippen molar-refractivity contribution in [2.24, 2.45) is 4.99 Å². The van der Waals surface area contributed by atoms with Crippen LogP contribution in [0.5, 0.6) is 11.5 Å². The zero-order chi connectivity index (χ0) is 22.4. The minimum atomic E-state index is -0.699. The van der Waals surface area contributed by atoms with E-state index in [9.17, 15) is 14.0 Å². The van der Waals surface area contributed by atoms with E-state index in [2.05, 4.69) is 20.9 Å². The number of nitrogens with zero attached hydrogens (tertiary/aromatic N) is 1. The van der Waals surface area contributed by atoms with Gasteiger partial charge in [-0.15, -0.1) is 0 Å². The van der Waals surface area contributed by atoms with Gasteiger partial charge in [-0.2, -0.15) is 0 Å². The van der Waals surface area contributed by atoms with E-state index < -0.39 is 17.8 Å². The summed E-state index contributed by atoms with van der Waals surface area (Å²) in [5.74, 6) is -1.17. The van der Waals surface area contributed by atoms with E-state index in [4.69, 9.17) is 18.9 Å². The zero-order valence-corrected chi connectivity index (χ0v) is 18.4. The first-order valence-corrected chi connectivity index (χ1v) is 10.2. The summed E-state index contributed by atoms with van der Waals surface area (Å²) in [6, 6.07) is 9.19. The average molecular weight is 492 g/mol. The molecule has 0 saturated carbocycles. The van der Waals surface area contributed by atoms with Gasteiger partial charge in [0.2, 0.25) is 5.90 Å². The number of hydrogen-bond donors (Lipinski definition) is 0. The largest absolute Gasteiger partial charge is 0.490 e. The van der Waals surface area contributed by atoms with Crippen LogP contribution in [-0.2, 0) is 19.1 Å². The molecule has 31 heavy (non-hydrogen) atoms. The minimum absolute atomic E-state index is 0.00722. The lowest BCUT2D eigenvalue weighted by atomic mass is 10.1. The van der Waals surface area contributed by atoms with E-state index in [0.29, 0.717) is 28.1 Å². The van der Waals surface area contributed by atoms with Crippen LogP contribution >= 0.6 is 15.9 Å². The summed E-state index contributed by atoms with van der Waals surface area (Å²) in [4.78, 5) is 27.9. The summed E-state index contributed by atoms with van der Waals surface area (Å²) in [5, 5.41) is 0. The Labute approximate surface area is 186 Å². The van der Waals surface area contributed by atoms with Crippen LogP contribution in [0.3, 0.4) is 0 Å². The third kappa shape index (κ3) is 5.49. The number of benzene rings is 2. The Kier molecular flexibility index (Phi) is 7.41. The molecule has 0 unspecified atom stereocenters. The van der Waals surface area contributed by atoms with Crippen molar-refractivity contribution in [2.45, 2.75) is 13.8 Å². The van der Waals surface area contributed by atoms with E-state index in [1.807, 2.05) is 0 Å². The standard InChI is InChI=1S/C22H19BrFNO6/c1-3-28-18-11-13(9-15(23)20(18)30-12-19(26)29-4-2)10-17-22(27)31-21(25-17)14-7-5-6-8-16(14)24/h5-11H,3-4,12H2,1-2H3/b17-10-. The molecule has 1 heterocycles. The molecule has 2 aromatic carbocycles. The van der Waals surface area contributed by atoms with Crippen LogP contribution < -0.4 is 9.47 Å². The van der Waals surface area contributed by atoms with Gasteiger partial charge in [-0.3, -0.25) is 0 Å². The first-order chi connectivity index (χ1) is 14.9. The molecule has 0 bridgehead atoms. The van der Waals surface area contributed by atoms with E-state index >= 15 is 0 Å². The summed E-state index contributed by atoms with van der Waals surface area (Å²) in [7, 11) is 0.